The lowest BCUT2D eigenvalue weighted by atomic mass is 10.2. The molecule has 0 aliphatic heterocycles. The predicted octanol–water partition coefficient (Wildman–Crippen LogP) is 1.92. The zero-order valence-electron chi connectivity index (χ0n) is 9.08. The lowest BCUT2D eigenvalue weighted by Gasteiger charge is -2.04. The third-order valence-electron chi connectivity index (χ3n) is 2.52. The molecule has 0 aliphatic carbocycles. The van der Waals surface area contributed by atoms with Crippen molar-refractivity contribution in [2.75, 3.05) is 7.11 Å². The van der Waals surface area contributed by atoms with E-state index < -0.39 is 5.97 Å². The molecule has 6 nitrogen and oxygen atoms in total. The van der Waals surface area contributed by atoms with Gasteiger partial charge >= 0.3 is 5.97 Å². The third kappa shape index (κ3) is 1.73. The van der Waals surface area contributed by atoms with Crippen LogP contribution in [-0.2, 0) is 16.1 Å². The summed E-state index contributed by atoms with van der Waals surface area (Å²) in [6, 6.07) is 6.80. The molecule has 0 aliphatic rings. The van der Waals surface area contributed by atoms with E-state index >= 15 is 0 Å². The number of carbonyl (C=O) groups is 1. The summed E-state index contributed by atoms with van der Waals surface area (Å²) in [7, 11) is 1.25. The molecule has 0 bridgehead atoms. The van der Waals surface area contributed by atoms with Crippen LogP contribution in [0.25, 0.3) is 10.9 Å². The quantitative estimate of drug-likeness (QED) is 0.649. The molecule has 0 saturated carbocycles. The van der Waals surface area contributed by atoms with Crippen LogP contribution in [0, 0.1) is 4.91 Å². The summed E-state index contributed by atoms with van der Waals surface area (Å²) in [5.74, 6) is -0.842. The van der Waals surface area contributed by atoms with Crippen LogP contribution in [0.2, 0.25) is 0 Å². The van der Waals surface area contributed by atoms with Crippen LogP contribution in [0.3, 0.4) is 0 Å². The van der Waals surface area contributed by atoms with Crippen LogP contribution in [-0.4, -0.2) is 22.8 Å². The number of benzene rings is 1. The summed E-state index contributed by atoms with van der Waals surface area (Å²) in [4.78, 5) is 21.9. The Labute approximate surface area is 96.4 Å². The molecule has 1 aromatic carbocycles. The molecule has 88 valence electrons. The largest absolute Gasteiger partial charge is 0.493 e. The molecule has 0 amide bonds. The van der Waals surface area contributed by atoms with E-state index in [2.05, 4.69) is 9.91 Å². The molecule has 1 heterocycles. The van der Waals surface area contributed by atoms with Gasteiger partial charge in [0.05, 0.1) is 12.6 Å². The molecular formula is C11H10N2O4. The molecular weight excluding hydrogens is 224 g/mol. The first-order chi connectivity index (χ1) is 8.19. The Morgan fingerprint density at radius 1 is 1.47 bits per heavy atom. The summed E-state index contributed by atoms with van der Waals surface area (Å²) in [6.45, 7) is -0.168. The molecule has 0 radical (unpaired) electrons. The maximum atomic E-state index is 11.2. The molecule has 0 spiro atoms. The Kier molecular flexibility index (Phi) is 2.78. The number of para-hydroxylation sites is 1. The van der Waals surface area contributed by atoms with E-state index in [9.17, 15) is 14.8 Å². The highest BCUT2D eigenvalue weighted by molar-refractivity contribution is 5.95. The van der Waals surface area contributed by atoms with Gasteiger partial charge in [-0.15, -0.1) is 4.91 Å². The molecule has 17 heavy (non-hydrogen) atoms. The first-order valence-electron chi connectivity index (χ1n) is 4.89. The number of hydrogen-bond acceptors (Lipinski definition) is 5. The van der Waals surface area contributed by atoms with Gasteiger partial charge in [0.2, 0.25) is 5.88 Å². The Morgan fingerprint density at radius 2 is 2.18 bits per heavy atom. The van der Waals surface area contributed by atoms with E-state index in [1.165, 1.54) is 11.7 Å². The van der Waals surface area contributed by atoms with Gasteiger partial charge in [-0.2, -0.15) is 0 Å². The topological polar surface area (TPSA) is 80.9 Å². The van der Waals surface area contributed by atoms with Crippen molar-refractivity contribution in [3.05, 3.63) is 29.2 Å². The van der Waals surface area contributed by atoms with E-state index in [1.807, 2.05) is 0 Å². The second-order valence-electron chi connectivity index (χ2n) is 3.44. The van der Waals surface area contributed by atoms with E-state index in [0.717, 1.165) is 0 Å². The Bertz CT molecular complexity index is 588. The van der Waals surface area contributed by atoms with Crippen LogP contribution < -0.4 is 0 Å². The molecule has 0 atom stereocenters. The van der Waals surface area contributed by atoms with Gasteiger partial charge in [0.1, 0.15) is 6.54 Å². The first-order valence-corrected chi connectivity index (χ1v) is 4.89. The fourth-order valence-corrected chi connectivity index (χ4v) is 1.72. The van der Waals surface area contributed by atoms with Crippen molar-refractivity contribution in [1.82, 2.24) is 4.57 Å². The van der Waals surface area contributed by atoms with Gasteiger partial charge in [-0.25, -0.2) is 0 Å². The molecule has 1 aromatic heterocycles. The fraction of sp³-hybridized carbons (Fsp3) is 0.182. The minimum atomic E-state index is -0.515. The SMILES string of the molecule is COC(=O)Cn1c(O)c(N=O)c2ccccc21. The molecule has 0 saturated heterocycles. The summed E-state index contributed by atoms with van der Waals surface area (Å²) in [6.07, 6.45) is 0. The van der Waals surface area contributed by atoms with E-state index in [0.29, 0.717) is 10.9 Å². The van der Waals surface area contributed by atoms with Gasteiger partial charge in [-0.1, -0.05) is 18.2 Å². The molecule has 0 unspecified atom stereocenters. The number of esters is 1. The second kappa shape index (κ2) is 4.25. The number of methoxy groups -OCH3 is 1. The van der Waals surface area contributed by atoms with Gasteiger partial charge < -0.3 is 9.84 Å². The summed E-state index contributed by atoms with van der Waals surface area (Å²) in [5.41, 5.74) is 0.495. The monoisotopic (exact) mass is 234 g/mol. The lowest BCUT2D eigenvalue weighted by Crippen LogP contribution is -2.10. The number of carbonyl (C=O) groups excluding carboxylic acids is 1. The van der Waals surface area contributed by atoms with Crippen LogP contribution in [0.5, 0.6) is 5.88 Å². The molecule has 2 rings (SSSR count). The minimum absolute atomic E-state index is 0.0653. The minimum Gasteiger partial charge on any atom is -0.493 e. The summed E-state index contributed by atoms with van der Waals surface area (Å²) in [5, 5.41) is 13.1. The standard InChI is InChI=1S/C11H10N2O4/c1-17-9(14)6-13-8-5-3-2-4-7(8)10(12-16)11(13)15/h2-5,15H,6H2,1H3. The van der Waals surface area contributed by atoms with E-state index in [4.69, 9.17) is 0 Å². The molecule has 1 N–H and O–H groups in total. The third-order valence-corrected chi connectivity index (χ3v) is 2.52. The summed E-state index contributed by atoms with van der Waals surface area (Å²) >= 11 is 0. The van der Waals surface area contributed by atoms with Crippen molar-refractivity contribution < 1.29 is 14.6 Å². The van der Waals surface area contributed by atoms with E-state index in [1.54, 1.807) is 24.3 Å². The number of ether oxygens (including phenoxy) is 1. The van der Waals surface area contributed by atoms with Crippen molar-refractivity contribution in [1.29, 1.82) is 0 Å². The zero-order chi connectivity index (χ0) is 12.4. The number of aromatic nitrogens is 1. The maximum Gasteiger partial charge on any atom is 0.325 e. The normalized spacial score (nSPS) is 10.4. The van der Waals surface area contributed by atoms with Gasteiger partial charge in [0.15, 0.2) is 5.69 Å². The van der Waals surface area contributed by atoms with Crippen LogP contribution in [0.1, 0.15) is 0 Å². The average Bonchev–Trinajstić information content (AvgIpc) is 2.62. The average molecular weight is 234 g/mol. The van der Waals surface area contributed by atoms with Gasteiger partial charge in [0.25, 0.3) is 0 Å². The van der Waals surface area contributed by atoms with Crippen molar-refractivity contribution >= 4 is 22.6 Å². The molecule has 6 heteroatoms. The number of nitrogens with zero attached hydrogens (tertiary/aromatic N) is 2. The fourth-order valence-electron chi connectivity index (χ4n) is 1.72. The molecule has 2 aromatic rings. The van der Waals surface area contributed by atoms with Crippen LogP contribution >= 0.6 is 0 Å². The first kappa shape index (κ1) is 11.1. The van der Waals surface area contributed by atoms with Crippen LogP contribution in [0.15, 0.2) is 29.4 Å². The van der Waals surface area contributed by atoms with E-state index in [-0.39, 0.29) is 18.1 Å². The van der Waals surface area contributed by atoms with Crippen molar-refractivity contribution in [3.63, 3.8) is 0 Å². The van der Waals surface area contributed by atoms with Crippen LogP contribution in [0.4, 0.5) is 5.69 Å². The van der Waals surface area contributed by atoms with Gasteiger partial charge in [0, 0.05) is 5.39 Å². The molecule has 0 fully saturated rings. The van der Waals surface area contributed by atoms with Gasteiger partial charge in [-0.05, 0) is 11.2 Å². The van der Waals surface area contributed by atoms with Crippen molar-refractivity contribution in [2.24, 2.45) is 5.18 Å². The number of aromatic hydroxyl groups is 1. The predicted molar refractivity (Wildman–Crippen MR) is 61.1 cm³/mol. The highest BCUT2D eigenvalue weighted by Gasteiger charge is 2.18. The Hall–Kier alpha value is -2.37. The highest BCUT2D eigenvalue weighted by Crippen LogP contribution is 2.38. The number of rotatable bonds is 3. The smallest absolute Gasteiger partial charge is 0.325 e. The second-order valence-corrected chi connectivity index (χ2v) is 3.44. The Balaban J connectivity index is 2.65. The summed E-state index contributed by atoms with van der Waals surface area (Å²) < 4.78 is 5.81. The maximum absolute atomic E-state index is 11.2. The number of fused-ring (bicyclic) bond motifs is 1. The number of nitroso groups, excluding NO2 is 1. The van der Waals surface area contributed by atoms with Crippen molar-refractivity contribution in [3.8, 4) is 5.88 Å². The van der Waals surface area contributed by atoms with Gasteiger partial charge in [-0.3, -0.25) is 9.36 Å². The highest BCUT2D eigenvalue weighted by atomic mass is 16.5. The zero-order valence-corrected chi connectivity index (χ0v) is 9.08. The lowest BCUT2D eigenvalue weighted by molar-refractivity contribution is -0.141. The Morgan fingerprint density at radius 3 is 2.82 bits per heavy atom. The number of hydrogen-bond donors (Lipinski definition) is 1. The van der Waals surface area contributed by atoms with Crippen molar-refractivity contribution in [2.45, 2.75) is 6.54 Å².